The molecule has 1 aliphatic rings. The lowest BCUT2D eigenvalue weighted by Gasteiger charge is -2.25. The van der Waals surface area contributed by atoms with Crippen LogP contribution < -0.4 is 24.0 Å². The summed E-state index contributed by atoms with van der Waals surface area (Å²) in [5, 5.41) is 2.24. The molecule has 0 saturated heterocycles. The van der Waals surface area contributed by atoms with Crippen LogP contribution in [0, 0.1) is 11.6 Å². The normalized spacial score (nSPS) is 13.5. The zero-order chi connectivity index (χ0) is 29.0. The Balaban J connectivity index is 1.54. The Hall–Kier alpha value is -4.47. The van der Waals surface area contributed by atoms with Crippen molar-refractivity contribution in [1.82, 2.24) is 20.0 Å². The summed E-state index contributed by atoms with van der Waals surface area (Å²) in [6.07, 6.45) is 2.39. The number of pyridine rings is 2. The summed E-state index contributed by atoms with van der Waals surface area (Å²) in [7, 11) is -3.17. The third kappa shape index (κ3) is 6.74. The average molecular weight is 583 g/mol. The third-order valence-corrected chi connectivity index (χ3v) is 7.19. The number of hydrogen-bond acceptors (Lipinski definition) is 7. The smallest absolute Gasteiger partial charge is 0.388 e. The number of likely N-dealkylation sites (N-methyl/N-ethyl adjacent to an activating group) is 1. The summed E-state index contributed by atoms with van der Waals surface area (Å²) in [6.45, 7) is -3.08. The molecule has 11 nitrogen and oxygen atoms in total. The number of nitrogens with one attached hydrogen (secondary N) is 2. The van der Waals surface area contributed by atoms with Crippen molar-refractivity contribution in [2.75, 3.05) is 22.8 Å². The van der Waals surface area contributed by atoms with Crippen molar-refractivity contribution >= 4 is 33.7 Å². The second-order valence-corrected chi connectivity index (χ2v) is 10.1. The van der Waals surface area contributed by atoms with Crippen molar-refractivity contribution in [2.24, 2.45) is 0 Å². The molecule has 212 valence electrons. The zero-order valence-electron chi connectivity index (χ0n) is 20.7. The van der Waals surface area contributed by atoms with Crippen LogP contribution in [-0.4, -0.2) is 56.6 Å². The number of ether oxygens (including phenoxy) is 1. The summed E-state index contributed by atoms with van der Waals surface area (Å²) in [5.41, 5.74) is 0.746. The van der Waals surface area contributed by atoms with Crippen LogP contribution in [0.1, 0.15) is 11.1 Å². The van der Waals surface area contributed by atoms with Crippen LogP contribution in [0.2, 0.25) is 0 Å². The number of carbonyl (C=O) groups is 2. The number of alkyl halides is 2. The first-order chi connectivity index (χ1) is 18.9. The Labute approximate surface area is 226 Å². The van der Waals surface area contributed by atoms with Gasteiger partial charge >= 0.3 is 22.9 Å². The van der Waals surface area contributed by atoms with Gasteiger partial charge in [0.25, 0.3) is 0 Å². The van der Waals surface area contributed by atoms with E-state index in [0.717, 1.165) is 33.6 Å². The highest BCUT2D eigenvalue weighted by atomic mass is 32.2. The molecule has 40 heavy (non-hydrogen) atoms. The largest absolute Gasteiger partial charge is 0.417 e. The molecule has 2 aromatic heterocycles. The molecule has 0 aliphatic carbocycles. The molecule has 0 spiro atoms. The predicted molar refractivity (Wildman–Crippen MR) is 134 cm³/mol. The molecule has 1 atom stereocenters. The maximum Gasteiger partial charge on any atom is 0.388 e. The standard InChI is InChI=1S/C24H22F4N6O5S/c1-33(18-4-5-20(30-13-18)39-23(27)28)22(35)19(11-14-9-16(25)12-17(26)10-14)31-24(36)32-40(37,38)34-8-6-15-3-2-7-29-21(15)34/h2-5,7,9-10,12-13,19,23H,6,8,11H2,1H3,(H2,31,32,36)/t19-/m0/s1. The zero-order valence-corrected chi connectivity index (χ0v) is 21.5. The molecule has 0 fully saturated rings. The molecule has 2 N–H and O–H groups in total. The van der Waals surface area contributed by atoms with E-state index in [1.54, 1.807) is 12.1 Å². The summed E-state index contributed by atoms with van der Waals surface area (Å²) < 4.78 is 85.2. The first kappa shape index (κ1) is 28.5. The van der Waals surface area contributed by atoms with Crippen LogP contribution in [0.4, 0.5) is 33.9 Å². The fourth-order valence-electron chi connectivity index (χ4n) is 4.03. The Morgan fingerprint density at radius 3 is 2.50 bits per heavy atom. The number of halogens is 4. The molecule has 1 aromatic carbocycles. The molecule has 3 aromatic rings. The van der Waals surface area contributed by atoms with E-state index in [-0.39, 0.29) is 23.6 Å². The predicted octanol–water partition coefficient (Wildman–Crippen LogP) is 2.54. The van der Waals surface area contributed by atoms with E-state index in [1.165, 1.54) is 19.3 Å². The monoisotopic (exact) mass is 582 g/mol. The van der Waals surface area contributed by atoms with Crippen molar-refractivity contribution in [3.63, 3.8) is 0 Å². The van der Waals surface area contributed by atoms with Gasteiger partial charge in [-0.25, -0.2) is 32.6 Å². The molecular weight excluding hydrogens is 560 g/mol. The number of nitrogens with zero attached hydrogens (tertiary/aromatic N) is 4. The van der Waals surface area contributed by atoms with Gasteiger partial charge in [-0.2, -0.15) is 17.2 Å². The Morgan fingerprint density at radius 1 is 1.12 bits per heavy atom. The molecule has 0 radical (unpaired) electrons. The van der Waals surface area contributed by atoms with E-state index in [2.05, 4.69) is 20.0 Å². The molecule has 1 aliphatic heterocycles. The molecular formula is C24H22F4N6O5S. The number of carbonyl (C=O) groups excluding carboxylic acids is 2. The average Bonchev–Trinajstić information content (AvgIpc) is 3.32. The second-order valence-electron chi connectivity index (χ2n) is 8.55. The molecule has 3 amide bonds. The number of amides is 3. The lowest BCUT2D eigenvalue weighted by molar-refractivity contribution is -0.120. The minimum Gasteiger partial charge on any atom is -0.417 e. The van der Waals surface area contributed by atoms with E-state index in [1.807, 2.05) is 4.72 Å². The quantitative estimate of drug-likeness (QED) is 0.371. The molecule has 4 rings (SSSR count). The van der Waals surface area contributed by atoms with E-state index in [0.29, 0.717) is 18.1 Å². The number of fused-ring (bicyclic) bond motifs is 1. The van der Waals surface area contributed by atoms with E-state index in [9.17, 15) is 35.6 Å². The molecule has 3 heterocycles. The second kappa shape index (κ2) is 11.7. The number of anilines is 2. The summed E-state index contributed by atoms with van der Waals surface area (Å²) in [4.78, 5) is 34.9. The van der Waals surface area contributed by atoms with Crippen molar-refractivity contribution < 1.29 is 40.3 Å². The Kier molecular flexibility index (Phi) is 8.37. The van der Waals surface area contributed by atoms with Crippen LogP contribution in [0.25, 0.3) is 0 Å². The van der Waals surface area contributed by atoms with Gasteiger partial charge in [0.05, 0.1) is 11.9 Å². The Morgan fingerprint density at radius 2 is 1.85 bits per heavy atom. The van der Waals surface area contributed by atoms with Crippen LogP contribution >= 0.6 is 0 Å². The lowest BCUT2D eigenvalue weighted by atomic mass is 10.0. The van der Waals surface area contributed by atoms with Crippen LogP contribution in [0.3, 0.4) is 0 Å². The number of urea groups is 1. The number of rotatable bonds is 9. The number of aromatic nitrogens is 2. The first-order valence-electron chi connectivity index (χ1n) is 11.6. The first-order valence-corrected chi connectivity index (χ1v) is 13.0. The van der Waals surface area contributed by atoms with E-state index < -0.39 is 58.7 Å². The van der Waals surface area contributed by atoms with Crippen LogP contribution in [0.5, 0.6) is 5.88 Å². The van der Waals surface area contributed by atoms with Gasteiger partial charge in [0, 0.05) is 38.3 Å². The highest BCUT2D eigenvalue weighted by Gasteiger charge is 2.33. The van der Waals surface area contributed by atoms with E-state index >= 15 is 0 Å². The maximum atomic E-state index is 13.8. The number of benzene rings is 1. The number of hydrogen-bond donors (Lipinski definition) is 2. The van der Waals surface area contributed by atoms with Crippen molar-refractivity contribution in [3.05, 3.63) is 77.6 Å². The van der Waals surface area contributed by atoms with Crippen LogP contribution in [0.15, 0.2) is 54.9 Å². The van der Waals surface area contributed by atoms with Gasteiger partial charge in [-0.15, -0.1) is 0 Å². The van der Waals surface area contributed by atoms with Gasteiger partial charge < -0.3 is 15.0 Å². The van der Waals surface area contributed by atoms with Gasteiger partial charge in [0.1, 0.15) is 23.5 Å². The van der Waals surface area contributed by atoms with Gasteiger partial charge in [-0.1, -0.05) is 6.07 Å². The minimum absolute atomic E-state index is 0.0103. The molecule has 0 bridgehead atoms. The minimum atomic E-state index is -4.44. The SMILES string of the molecule is CN(C(=O)[C@H](Cc1cc(F)cc(F)c1)NC(=O)NS(=O)(=O)N1CCc2cccnc21)c1ccc(OC(F)F)nc1. The van der Waals surface area contributed by atoms with Crippen molar-refractivity contribution in [3.8, 4) is 5.88 Å². The third-order valence-electron chi connectivity index (χ3n) is 5.81. The Bertz CT molecular complexity index is 1490. The topological polar surface area (TPSA) is 134 Å². The lowest BCUT2D eigenvalue weighted by Crippen LogP contribution is -2.54. The van der Waals surface area contributed by atoms with E-state index in [4.69, 9.17) is 0 Å². The van der Waals surface area contributed by atoms with Gasteiger partial charge in [-0.3, -0.25) is 4.79 Å². The fraction of sp³-hybridized carbons (Fsp3) is 0.250. The van der Waals surface area contributed by atoms with Crippen molar-refractivity contribution in [1.29, 1.82) is 0 Å². The van der Waals surface area contributed by atoms with Gasteiger partial charge in [-0.05, 0) is 41.8 Å². The highest BCUT2D eigenvalue weighted by molar-refractivity contribution is 7.91. The fourth-order valence-corrected chi connectivity index (χ4v) is 5.16. The summed E-state index contributed by atoms with van der Waals surface area (Å²) in [5.74, 6) is -2.96. The van der Waals surface area contributed by atoms with Gasteiger partial charge in [0.15, 0.2) is 0 Å². The molecule has 0 saturated carbocycles. The molecule has 0 unspecified atom stereocenters. The van der Waals surface area contributed by atoms with Gasteiger partial charge in [0.2, 0.25) is 11.8 Å². The van der Waals surface area contributed by atoms with Crippen LogP contribution in [-0.2, 0) is 27.8 Å². The highest BCUT2D eigenvalue weighted by Crippen LogP contribution is 2.26. The maximum absolute atomic E-state index is 13.8. The summed E-state index contributed by atoms with van der Waals surface area (Å²) in [6, 6.07) is 5.37. The molecule has 16 heteroatoms. The van der Waals surface area contributed by atoms with Crippen molar-refractivity contribution in [2.45, 2.75) is 25.5 Å². The summed E-state index contributed by atoms with van der Waals surface area (Å²) >= 11 is 0.